The Morgan fingerprint density at radius 2 is 1.57 bits per heavy atom. The monoisotopic (exact) mass is 555 g/mol. The van der Waals surface area contributed by atoms with E-state index in [1.165, 1.54) is 12.8 Å². The van der Waals surface area contributed by atoms with Gasteiger partial charge in [-0.05, 0) is 122 Å². The van der Waals surface area contributed by atoms with Gasteiger partial charge in [-0.2, -0.15) is 0 Å². The molecule has 40 heavy (non-hydrogen) atoms. The van der Waals surface area contributed by atoms with Crippen molar-refractivity contribution < 1.29 is 15.0 Å². The Kier molecular flexibility index (Phi) is 7.94. The Morgan fingerprint density at radius 3 is 2.30 bits per heavy atom. The van der Waals surface area contributed by atoms with Gasteiger partial charge in [-0.15, -0.1) is 0 Å². The molecule has 4 nitrogen and oxygen atoms in total. The maximum atomic E-state index is 14.1. The standard InChI is InChI=1S/C36H61NO3/c1-31(2)18-20-36(30(40)37-22-10-8-9-11-23-38)21-19-34(6)25(26(36)24-31)12-13-28-33(5)16-15-29(39)32(3,4)27(33)14-17-35(28,34)7/h12,26-29,38-39H,8-11,13-24H2,1-7H3,(H,37,40)/t26-,27-,28+,29-,33-,34+,35+,36-/m0/s1. The molecule has 1 amide bonds. The van der Waals surface area contributed by atoms with Crippen LogP contribution in [-0.4, -0.2) is 35.4 Å². The lowest BCUT2D eigenvalue weighted by molar-refractivity contribution is -0.203. The van der Waals surface area contributed by atoms with E-state index in [2.05, 4.69) is 59.9 Å². The van der Waals surface area contributed by atoms with Crippen molar-refractivity contribution in [3.63, 3.8) is 0 Å². The number of aliphatic hydroxyl groups is 2. The Hall–Kier alpha value is -0.870. The van der Waals surface area contributed by atoms with E-state index in [0.717, 1.165) is 83.6 Å². The van der Waals surface area contributed by atoms with Gasteiger partial charge in [0.15, 0.2) is 0 Å². The highest BCUT2D eigenvalue weighted by atomic mass is 16.3. The van der Waals surface area contributed by atoms with Gasteiger partial charge in [0.25, 0.3) is 0 Å². The van der Waals surface area contributed by atoms with Crippen LogP contribution in [0.1, 0.15) is 138 Å². The molecule has 0 radical (unpaired) electrons. The van der Waals surface area contributed by atoms with Gasteiger partial charge in [-0.1, -0.05) is 73.0 Å². The molecule has 5 aliphatic carbocycles. The first-order valence-electron chi connectivity index (χ1n) is 17.0. The van der Waals surface area contributed by atoms with Crippen molar-refractivity contribution in [2.75, 3.05) is 13.2 Å². The lowest BCUT2D eigenvalue weighted by Gasteiger charge is -2.71. The molecule has 0 aromatic heterocycles. The molecule has 4 fully saturated rings. The molecule has 8 atom stereocenters. The van der Waals surface area contributed by atoms with Crippen LogP contribution in [0.4, 0.5) is 0 Å². The summed E-state index contributed by atoms with van der Waals surface area (Å²) in [6, 6.07) is 0. The zero-order valence-corrected chi connectivity index (χ0v) is 27.0. The average Bonchev–Trinajstić information content (AvgIpc) is 2.88. The van der Waals surface area contributed by atoms with Gasteiger partial charge in [0.05, 0.1) is 11.5 Å². The summed E-state index contributed by atoms with van der Waals surface area (Å²) in [5.74, 6) is 1.87. The molecule has 0 bridgehead atoms. The number of amides is 1. The van der Waals surface area contributed by atoms with Gasteiger partial charge >= 0.3 is 0 Å². The first-order chi connectivity index (χ1) is 18.7. The van der Waals surface area contributed by atoms with E-state index in [4.69, 9.17) is 5.11 Å². The van der Waals surface area contributed by atoms with Gasteiger partial charge in [-0.3, -0.25) is 4.79 Å². The summed E-state index contributed by atoms with van der Waals surface area (Å²) in [5, 5.41) is 23.5. The molecular formula is C36H61NO3. The van der Waals surface area contributed by atoms with Crippen molar-refractivity contribution in [1.82, 2.24) is 5.32 Å². The van der Waals surface area contributed by atoms with Crippen LogP contribution in [0.2, 0.25) is 0 Å². The van der Waals surface area contributed by atoms with Crippen LogP contribution in [0.15, 0.2) is 11.6 Å². The predicted octanol–water partition coefficient (Wildman–Crippen LogP) is 7.82. The lowest BCUT2D eigenvalue weighted by Crippen LogP contribution is -2.65. The second-order valence-electron chi connectivity index (χ2n) is 17.1. The molecule has 0 aromatic carbocycles. The van der Waals surface area contributed by atoms with Crippen molar-refractivity contribution >= 4 is 5.91 Å². The van der Waals surface area contributed by atoms with Crippen LogP contribution in [0.5, 0.6) is 0 Å². The van der Waals surface area contributed by atoms with Crippen LogP contribution >= 0.6 is 0 Å². The second-order valence-corrected chi connectivity index (χ2v) is 17.1. The number of rotatable bonds is 7. The molecular weight excluding hydrogens is 494 g/mol. The van der Waals surface area contributed by atoms with Crippen molar-refractivity contribution in [2.24, 2.45) is 50.2 Å². The highest BCUT2D eigenvalue weighted by Gasteiger charge is 2.69. The van der Waals surface area contributed by atoms with Gasteiger partial charge in [0, 0.05) is 13.2 Å². The fourth-order valence-electron chi connectivity index (χ4n) is 11.6. The molecule has 228 valence electrons. The maximum absolute atomic E-state index is 14.1. The Labute approximate surface area is 245 Å². The molecule has 0 spiro atoms. The predicted molar refractivity (Wildman–Crippen MR) is 164 cm³/mol. The lowest BCUT2D eigenvalue weighted by atomic mass is 9.33. The minimum atomic E-state index is -0.257. The highest BCUT2D eigenvalue weighted by molar-refractivity contribution is 5.84. The summed E-state index contributed by atoms with van der Waals surface area (Å²) >= 11 is 0. The number of hydrogen-bond donors (Lipinski definition) is 3. The zero-order valence-electron chi connectivity index (χ0n) is 27.0. The molecule has 4 heteroatoms. The topological polar surface area (TPSA) is 69.6 Å². The van der Waals surface area contributed by atoms with Crippen LogP contribution in [-0.2, 0) is 4.79 Å². The van der Waals surface area contributed by atoms with Crippen molar-refractivity contribution in [3.8, 4) is 0 Å². The van der Waals surface area contributed by atoms with Crippen LogP contribution in [0, 0.1) is 50.2 Å². The summed E-state index contributed by atoms with van der Waals surface area (Å²) in [4.78, 5) is 14.1. The number of carbonyl (C=O) groups is 1. The van der Waals surface area contributed by atoms with Gasteiger partial charge < -0.3 is 15.5 Å². The summed E-state index contributed by atoms with van der Waals surface area (Å²) in [7, 11) is 0. The van der Waals surface area contributed by atoms with E-state index >= 15 is 0 Å². The average molecular weight is 556 g/mol. The minimum absolute atomic E-state index is 0.0233. The van der Waals surface area contributed by atoms with Gasteiger partial charge in [0.1, 0.15) is 0 Å². The molecule has 5 rings (SSSR count). The maximum Gasteiger partial charge on any atom is 0.226 e. The fraction of sp³-hybridized carbons (Fsp3) is 0.917. The number of fused-ring (bicyclic) bond motifs is 7. The van der Waals surface area contributed by atoms with Crippen molar-refractivity contribution in [3.05, 3.63) is 11.6 Å². The minimum Gasteiger partial charge on any atom is -0.396 e. The third kappa shape index (κ3) is 4.47. The van der Waals surface area contributed by atoms with Gasteiger partial charge in [0.2, 0.25) is 5.91 Å². The second kappa shape index (κ2) is 10.4. The number of carbonyl (C=O) groups excluding carboxylic acids is 1. The quantitative estimate of drug-likeness (QED) is 0.222. The van der Waals surface area contributed by atoms with E-state index in [-0.39, 0.29) is 45.2 Å². The number of nitrogens with one attached hydrogen (secondary N) is 1. The van der Waals surface area contributed by atoms with Crippen LogP contribution in [0.3, 0.4) is 0 Å². The third-order valence-electron chi connectivity index (χ3n) is 14.4. The molecule has 3 N–H and O–H groups in total. The number of unbranched alkanes of at least 4 members (excludes halogenated alkanes) is 3. The first-order valence-corrected chi connectivity index (χ1v) is 17.0. The molecule has 0 saturated heterocycles. The Bertz CT molecular complexity index is 1000. The molecule has 4 saturated carbocycles. The summed E-state index contributed by atoms with van der Waals surface area (Å²) in [6.45, 7) is 18.4. The Morgan fingerprint density at radius 1 is 0.875 bits per heavy atom. The van der Waals surface area contributed by atoms with E-state index in [9.17, 15) is 9.90 Å². The number of allylic oxidation sites excluding steroid dienone is 2. The summed E-state index contributed by atoms with van der Waals surface area (Å²) in [6.07, 6.45) is 17.5. The smallest absolute Gasteiger partial charge is 0.226 e. The molecule has 0 aromatic rings. The van der Waals surface area contributed by atoms with E-state index in [0.29, 0.717) is 23.7 Å². The normalized spacial score (nSPS) is 45.3. The molecule has 0 unspecified atom stereocenters. The molecule has 5 aliphatic rings. The van der Waals surface area contributed by atoms with Gasteiger partial charge in [-0.25, -0.2) is 0 Å². The fourth-order valence-corrected chi connectivity index (χ4v) is 11.6. The highest BCUT2D eigenvalue weighted by Crippen LogP contribution is 2.75. The Balaban J connectivity index is 1.45. The SMILES string of the molecule is CC1(C)CC[C@]2(C(=O)NCCCCCCO)CC[C@]3(C)C(=CC[C@@H]4[C@@]5(C)CC[C@H](O)C(C)(C)[C@@H]5CC[C@]43C)[C@@H]2C1. The molecule has 0 heterocycles. The summed E-state index contributed by atoms with van der Waals surface area (Å²) < 4.78 is 0. The largest absolute Gasteiger partial charge is 0.396 e. The van der Waals surface area contributed by atoms with E-state index in [1.807, 2.05) is 0 Å². The van der Waals surface area contributed by atoms with Crippen LogP contribution in [0.25, 0.3) is 0 Å². The van der Waals surface area contributed by atoms with Crippen molar-refractivity contribution in [2.45, 2.75) is 144 Å². The van der Waals surface area contributed by atoms with E-state index in [1.54, 1.807) is 5.57 Å². The number of hydrogen-bond acceptors (Lipinski definition) is 3. The third-order valence-corrected chi connectivity index (χ3v) is 14.4. The summed E-state index contributed by atoms with van der Waals surface area (Å²) in [5.41, 5.74) is 2.25. The first kappa shape index (κ1) is 30.6. The molecule has 0 aliphatic heterocycles. The zero-order chi connectivity index (χ0) is 29.2. The van der Waals surface area contributed by atoms with E-state index < -0.39 is 0 Å². The number of aliphatic hydroxyl groups excluding tert-OH is 2. The van der Waals surface area contributed by atoms with Crippen LogP contribution < -0.4 is 5.32 Å². The van der Waals surface area contributed by atoms with Crippen molar-refractivity contribution in [1.29, 1.82) is 0 Å².